The van der Waals surface area contributed by atoms with Gasteiger partial charge in [-0.3, -0.25) is 29.3 Å². The number of thiazole rings is 1. The maximum absolute atomic E-state index is 13.4. The molecule has 4 bridgehead atoms. The molecule has 11 heteroatoms. The Morgan fingerprint density at radius 1 is 1.20 bits per heavy atom. The number of carbonyl (C=O) groups is 5. The van der Waals surface area contributed by atoms with E-state index in [0.717, 1.165) is 19.3 Å². The van der Waals surface area contributed by atoms with Gasteiger partial charge in [-0.2, -0.15) is 0 Å². The van der Waals surface area contributed by atoms with Crippen molar-refractivity contribution >= 4 is 40.8 Å². The molecular weight excluding hydrogens is 534 g/mol. The number of benzene rings is 1. The van der Waals surface area contributed by atoms with E-state index in [1.807, 2.05) is 6.92 Å². The van der Waals surface area contributed by atoms with Crippen LogP contribution < -0.4 is 14.8 Å². The summed E-state index contributed by atoms with van der Waals surface area (Å²) in [6.07, 6.45) is 3.63. The predicted molar refractivity (Wildman–Crippen MR) is 140 cm³/mol. The van der Waals surface area contributed by atoms with E-state index in [1.165, 1.54) is 16.2 Å². The lowest BCUT2D eigenvalue weighted by atomic mass is 9.45. The highest BCUT2D eigenvalue weighted by Crippen LogP contribution is 2.61. The third-order valence-electron chi connectivity index (χ3n) is 9.74. The van der Waals surface area contributed by atoms with E-state index in [2.05, 4.69) is 10.3 Å². The molecule has 5 fully saturated rings. The van der Waals surface area contributed by atoms with Gasteiger partial charge in [0.1, 0.15) is 29.2 Å². The summed E-state index contributed by atoms with van der Waals surface area (Å²) in [5, 5.41) is 4.61. The first-order valence-corrected chi connectivity index (χ1v) is 14.7. The van der Waals surface area contributed by atoms with Crippen molar-refractivity contribution in [3.63, 3.8) is 0 Å². The molecule has 0 radical (unpaired) electrons. The van der Waals surface area contributed by atoms with Gasteiger partial charge in [-0.1, -0.05) is 13.0 Å². The zero-order valence-electron chi connectivity index (χ0n) is 22.0. The van der Waals surface area contributed by atoms with Crippen LogP contribution in [0.3, 0.4) is 0 Å². The highest BCUT2D eigenvalue weighted by atomic mass is 32.1. The number of esters is 1. The van der Waals surface area contributed by atoms with Crippen LogP contribution in [0.2, 0.25) is 0 Å². The first kappa shape index (κ1) is 25.4. The molecule has 0 spiro atoms. The molecule has 3 heterocycles. The summed E-state index contributed by atoms with van der Waals surface area (Å²) in [5.74, 6) is 0.0754. The van der Waals surface area contributed by atoms with Gasteiger partial charge in [-0.15, -0.1) is 11.3 Å². The summed E-state index contributed by atoms with van der Waals surface area (Å²) in [7, 11) is 0. The van der Waals surface area contributed by atoms with Crippen molar-refractivity contribution in [2.45, 2.75) is 64.6 Å². The van der Waals surface area contributed by atoms with E-state index in [1.54, 1.807) is 23.6 Å². The smallest absolute Gasteiger partial charge is 0.319 e. The fraction of sp³-hybridized carbons (Fsp3) is 0.517. The summed E-state index contributed by atoms with van der Waals surface area (Å²) in [6.45, 7) is 2.35. The van der Waals surface area contributed by atoms with E-state index in [-0.39, 0.29) is 61.0 Å². The number of ether oxygens (including phenoxy) is 2. The molecule has 6 atom stereocenters. The fourth-order valence-electron chi connectivity index (χ4n) is 7.78. The molecule has 6 aliphatic rings. The molecule has 1 N–H and O–H groups in total. The fourth-order valence-corrected chi connectivity index (χ4v) is 8.38. The summed E-state index contributed by atoms with van der Waals surface area (Å²) >= 11 is 1.32. The second kappa shape index (κ2) is 9.22. The average molecular weight is 564 g/mol. The normalized spacial score (nSPS) is 32.3. The first-order chi connectivity index (χ1) is 19.2. The number of hydrogen-bond acceptors (Lipinski definition) is 9. The number of aromatic nitrogens is 1. The van der Waals surface area contributed by atoms with Gasteiger partial charge in [0.2, 0.25) is 17.7 Å². The highest BCUT2D eigenvalue weighted by molar-refractivity contribution is 7.09. The Morgan fingerprint density at radius 2 is 2.05 bits per heavy atom. The van der Waals surface area contributed by atoms with Crippen molar-refractivity contribution in [3.8, 4) is 11.6 Å². The molecule has 1 aromatic heterocycles. The van der Waals surface area contributed by atoms with Crippen molar-refractivity contribution in [2.75, 3.05) is 0 Å². The number of nitrogens with zero attached hydrogens (tertiary/aromatic N) is 2. The maximum atomic E-state index is 13.4. The number of carbonyl (C=O) groups excluding carboxylic acids is 5. The van der Waals surface area contributed by atoms with Gasteiger partial charge in [0, 0.05) is 29.4 Å². The second-order valence-corrected chi connectivity index (χ2v) is 12.8. The van der Waals surface area contributed by atoms with Crippen LogP contribution in [-0.4, -0.2) is 45.4 Å². The van der Waals surface area contributed by atoms with Gasteiger partial charge >= 0.3 is 5.97 Å². The summed E-state index contributed by atoms with van der Waals surface area (Å²) in [5.41, 5.74) is 0.542. The first-order valence-electron chi connectivity index (χ1n) is 13.8. The van der Waals surface area contributed by atoms with Crippen LogP contribution in [0, 0.1) is 29.1 Å². The average Bonchev–Trinajstić information content (AvgIpc) is 3.52. The number of rotatable bonds is 6. The number of nitrogens with one attached hydrogen (secondary N) is 1. The highest BCUT2D eigenvalue weighted by Gasteiger charge is 2.63. The van der Waals surface area contributed by atoms with E-state index in [9.17, 15) is 24.0 Å². The van der Waals surface area contributed by atoms with Crippen LogP contribution in [-0.2, 0) is 32.3 Å². The lowest BCUT2D eigenvalue weighted by Gasteiger charge is -2.57. The maximum Gasteiger partial charge on any atom is 0.319 e. The number of fused-ring (bicyclic) bond motifs is 1. The SMILES string of the molecule is CC1C2CC3CC(CC1(C(=O)Oc1csc(COc4cccc5c4CN(C4CCC(=O)NC4=O)C5=O)n1)C3)C2=O. The standard InChI is InChI=1S/C29H29N3O7S/c1-14-18-8-15-7-16(25(18)34)10-29(14,9-15)28(37)39-23-13-40-24(31-23)12-38-21-4-2-3-17-19(21)11-32(27(17)36)20-5-6-22(33)30-26(20)35/h2-4,13-16,18,20H,5-12H2,1H3,(H,30,33,35). The summed E-state index contributed by atoms with van der Waals surface area (Å²) in [4.78, 5) is 69.0. The van der Waals surface area contributed by atoms with Crippen molar-refractivity contribution in [1.82, 2.24) is 15.2 Å². The minimum Gasteiger partial charge on any atom is -0.486 e. The van der Waals surface area contributed by atoms with Gasteiger partial charge in [0.05, 0.1) is 17.3 Å². The Labute approximate surface area is 234 Å². The van der Waals surface area contributed by atoms with Crippen LogP contribution in [0.1, 0.15) is 66.4 Å². The molecular formula is C29H29N3O7S. The zero-order chi connectivity index (χ0) is 27.8. The molecule has 2 aliphatic heterocycles. The number of imide groups is 1. The molecule has 10 nitrogen and oxygen atoms in total. The van der Waals surface area contributed by atoms with Crippen LogP contribution in [0.15, 0.2) is 23.6 Å². The Hall–Kier alpha value is -3.60. The van der Waals surface area contributed by atoms with Gasteiger partial charge in [0.15, 0.2) is 0 Å². The van der Waals surface area contributed by atoms with Gasteiger partial charge in [-0.25, -0.2) is 4.98 Å². The number of amides is 3. The van der Waals surface area contributed by atoms with Gasteiger partial charge in [0.25, 0.3) is 5.91 Å². The van der Waals surface area contributed by atoms with E-state index < -0.39 is 17.4 Å². The largest absolute Gasteiger partial charge is 0.486 e. The predicted octanol–water partition coefficient (Wildman–Crippen LogP) is 3.03. The molecule has 1 saturated heterocycles. The third-order valence-corrected chi connectivity index (χ3v) is 10.5. The Kier molecular flexibility index (Phi) is 5.85. The molecule has 208 valence electrons. The van der Waals surface area contributed by atoms with Crippen molar-refractivity contribution in [3.05, 3.63) is 39.7 Å². The van der Waals surface area contributed by atoms with E-state index >= 15 is 0 Å². The number of ketones is 1. The molecule has 40 heavy (non-hydrogen) atoms. The minimum atomic E-state index is -0.698. The number of piperidine rings is 1. The lowest BCUT2D eigenvalue weighted by molar-refractivity contribution is -0.177. The van der Waals surface area contributed by atoms with Crippen LogP contribution in [0.4, 0.5) is 0 Å². The van der Waals surface area contributed by atoms with Gasteiger partial charge < -0.3 is 14.4 Å². The minimum absolute atomic E-state index is 0.0222. The topological polar surface area (TPSA) is 132 Å². The zero-order valence-corrected chi connectivity index (χ0v) is 22.8. The summed E-state index contributed by atoms with van der Waals surface area (Å²) in [6, 6.07) is 4.50. The number of Topliss-reactive ketones (excluding diaryl/α,β-unsaturated/α-hetero) is 1. The molecule has 1 aromatic carbocycles. The Bertz CT molecular complexity index is 1470. The quantitative estimate of drug-likeness (QED) is 0.419. The van der Waals surface area contributed by atoms with E-state index in [4.69, 9.17) is 9.47 Å². The molecule has 8 rings (SSSR count). The van der Waals surface area contributed by atoms with Crippen LogP contribution >= 0.6 is 11.3 Å². The monoisotopic (exact) mass is 563 g/mol. The Morgan fingerprint density at radius 3 is 2.88 bits per heavy atom. The van der Waals surface area contributed by atoms with Crippen molar-refractivity contribution in [1.29, 1.82) is 0 Å². The molecule has 2 aromatic rings. The van der Waals surface area contributed by atoms with Crippen molar-refractivity contribution < 1.29 is 33.4 Å². The molecule has 4 saturated carbocycles. The molecule has 6 unspecified atom stereocenters. The van der Waals surface area contributed by atoms with Crippen molar-refractivity contribution in [2.24, 2.45) is 29.1 Å². The third kappa shape index (κ3) is 3.88. The molecule has 3 amide bonds. The van der Waals surface area contributed by atoms with E-state index in [0.29, 0.717) is 46.4 Å². The second-order valence-electron chi connectivity index (χ2n) is 11.8. The number of hydrogen-bond donors (Lipinski definition) is 1. The van der Waals surface area contributed by atoms with Gasteiger partial charge in [-0.05, 0) is 56.1 Å². The van der Waals surface area contributed by atoms with Crippen LogP contribution in [0.5, 0.6) is 11.6 Å². The Balaban J connectivity index is 1.02. The molecule has 4 aliphatic carbocycles. The van der Waals surface area contributed by atoms with Crippen LogP contribution in [0.25, 0.3) is 0 Å². The summed E-state index contributed by atoms with van der Waals surface area (Å²) < 4.78 is 11.9. The lowest BCUT2D eigenvalue weighted by Crippen LogP contribution is -2.60.